The van der Waals surface area contributed by atoms with Crippen molar-refractivity contribution in [3.63, 3.8) is 0 Å². The molecule has 2 N–H and O–H groups in total. The molecule has 1 aliphatic carbocycles. The number of allylic oxidation sites excluding steroid dienone is 1. The van der Waals surface area contributed by atoms with Crippen molar-refractivity contribution in [1.29, 1.82) is 0 Å². The quantitative estimate of drug-likeness (QED) is 0.343. The van der Waals surface area contributed by atoms with Crippen molar-refractivity contribution in [3.8, 4) is 0 Å². The number of hydrogen-bond donors (Lipinski definition) is 2. The average molecular weight is 661 g/mol. The van der Waals surface area contributed by atoms with Gasteiger partial charge in [0, 0.05) is 38.1 Å². The van der Waals surface area contributed by atoms with E-state index in [4.69, 9.17) is 0 Å². The molecular weight excluding hydrogens is 619 g/mol. The highest BCUT2D eigenvalue weighted by Gasteiger charge is 2.35. The van der Waals surface area contributed by atoms with Gasteiger partial charge in [-0.3, -0.25) is 14.4 Å². The lowest BCUT2D eigenvalue weighted by molar-refractivity contribution is -0.137. The number of amides is 3. The fraction of sp³-hybridized carbons (Fsp3) is 0.429. The van der Waals surface area contributed by atoms with E-state index in [1.165, 1.54) is 29.2 Å². The van der Waals surface area contributed by atoms with Crippen molar-refractivity contribution in [3.05, 3.63) is 77.2 Å². The van der Waals surface area contributed by atoms with Crippen molar-refractivity contribution < 1.29 is 23.0 Å². The second kappa shape index (κ2) is 14.4. The number of benzene rings is 2. The standard InChI is InChI=1S/C35H41FN6O4S/c1-23(29-12-11-28(21-25(29)8-7-24-5-6-24)47(46)41-18-16-40(2)17-19-41)38-35(45)32-4-3-15-42(32)33(43)22-37-34(44)31-13-9-26-20-27(36)10-14-30(26)39-31/h7-14,20-21,23-24,32H,3-6,15-19,22H2,1-2H3,(H,37,44)(H,38,45)/b8-7+. The smallest absolute Gasteiger partial charge is 0.270 e. The zero-order valence-electron chi connectivity index (χ0n) is 26.8. The first-order chi connectivity index (χ1) is 22.7. The molecule has 3 fully saturated rings. The van der Waals surface area contributed by atoms with E-state index in [9.17, 15) is 23.0 Å². The molecule has 2 aromatic carbocycles. The molecule has 0 radical (unpaired) electrons. The second-order valence-corrected chi connectivity index (χ2v) is 14.1. The maximum absolute atomic E-state index is 13.5. The fourth-order valence-electron chi connectivity index (χ4n) is 6.13. The number of rotatable bonds is 10. The van der Waals surface area contributed by atoms with Crippen molar-refractivity contribution in [2.75, 3.05) is 46.3 Å². The lowest BCUT2D eigenvalue weighted by Gasteiger charge is -2.31. The van der Waals surface area contributed by atoms with Crippen LogP contribution in [0.3, 0.4) is 0 Å². The monoisotopic (exact) mass is 660 g/mol. The first kappa shape index (κ1) is 32.9. The summed E-state index contributed by atoms with van der Waals surface area (Å²) in [4.78, 5) is 48.3. The van der Waals surface area contributed by atoms with Crippen LogP contribution in [-0.2, 0) is 20.6 Å². The van der Waals surface area contributed by atoms with E-state index in [1.54, 1.807) is 6.07 Å². The number of fused-ring (bicyclic) bond motifs is 1. The van der Waals surface area contributed by atoms with Gasteiger partial charge in [-0.15, -0.1) is 0 Å². The van der Waals surface area contributed by atoms with Gasteiger partial charge < -0.3 is 20.4 Å². The van der Waals surface area contributed by atoms with E-state index in [-0.39, 0.29) is 35.9 Å². The summed E-state index contributed by atoms with van der Waals surface area (Å²) in [7, 11) is 0.801. The molecule has 2 aliphatic heterocycles. The minimum Gasteiger partial charge on any atom is -0.348 e. The van der Waals surface area contributed by atoms with Crippen LogP contribution in [0.25, 0.3) is 17.0 Å². The maximum Gasteiger partial charge on any atom is 0.270 e. The number of piperazine rings is 1. The molecule has 1 aromatic heterocycles. The summed E-state index contributed by atoms with van der Waals surface area (Å²) in [6.45, 7) is 5.30. The van der Waals surface area contributed by atoms with Gasteiger partial charge in [0.1, 0.15) is 28.5 Å². The van der Waals surface area contributed by atoms with Crippen LogP contribution >= 0.6 is 0 Å². The largest absolute Gasteiger partial charge is 0.348 e. The van der Waals surface area contributed by atoms with Crippen LogP contribution in [0.2, 0.25) is 0 Å². The highest BCUT2D eigenvalue weighted by atomic mass is 32.2. The Morgan fingerprint density at radius 2 is 1.81 bits per heavy atom. The third-order valence-electron chi connectivity index (χ3n) is 9.11. The van der Waals surface area contributed by atoms with E-state index in [1.807, 2.05) is 29.4 Å². The van der Waals surface area contributed by atoms with Crippen LogP contribution in [0.15, 0.2) is 59.5 Å². The number of halogens is 1. The van der Waals surface area contributed by atoms with Crippen LogP contribution in [-0.4, -0.2) is 93.4 Å². The van der Waals surface area contributed by atoms with E-state index in [2.05, 4.69) is 39.7 Å². The predicted molar refractivity (Wildman–Crippen MR) is 179 cm³/mol. The lowest BCUT2D eigenvalue weighted by Crippen LogP contribution is -2.49. The van der Waals surface area contributed by atoms with Crippen molar-refractivity contribution in [2.24, 2.45) is 5.92 Å². The van der Waals surface area contributed by atoms with Crippen LogP contribution in [0.4, 0.5) is 4.39 Å². The molecule has 0 spiro atoms. The van der Waals surface area contributed by atoms with E-state index in [0.717, 1.165) is 55.0 Å². The van der Waals surface area contributed by atoms with Crippen LogP contribution in [0.1, 0.15) is 60.3 Å². The van der Waals surface area contributed by atoms with Crippen molar-refractivity contribution in [2.45, 2.75) is 49.6 Å². The highest BCUT2D eigenvalue weighted by molar-refractivity contribution is 7.82. The number of carbonyl (C=O) groups excluding carboxylic acids is 3. The van der Waals surface area contributed by atoms with E-state index < -0.39 is 22.9 Å². The van der Waals surface area contributed by atoms with Crippen LogP contribution in [0, 0.1) is 11.7 Å². The topological polar surface area (TPSA) is 115 Å². The molecule has 1 saturated carbocycles. The molecule has 3 aromatic rings. The first-order valence-electron chi connectivity index (χ1n) is 16.3. The van der Waals surface area contributed by atoms with Gasteiger partial charge in [-0.1, -0.05) is 24.3 Å². The van der Waals surface area contributed by atoms with Gasteiger partial charge in [0.05, 0.1) is 23.0 Å². The molecule has 12 heteroatoms. The molecule has 248 valence electrons. The Morgan fingerprint density at radius 3 is 2.57 bits per heavy atom. The van der Waals surface area contributed by atoms with E-state index in [0.29, 0.717) is 36.2 Å². The van der Waals surface area contributed by atoms with Gasteiger partial charge >= 0.3 is 0 Å². The minimum atomic E-state index is -1.27. The van der Waals surface area contributed by atoms with Crippen molar-refractivity contribution >= 4 is 45.7 Å². The number of aromatic nitrogens is 1. The molecule has 3 atom stereocenters. The Balaban J connectivity index is 1.09. The summed E-state index contributed by atoms with van der Waals surface area (Å²) in [5.74, 6) is -0.962. The van der Waals surface area contributed by atoms with Gasteiger partial charge in [-0.05, 0) is 93.1 Å². The molecule has 3 aliphatic rings. The first-order valence-corrected chi connectivity index (χ1v) is 17.4. The SMILES string of the molecule is CC(NC(=O)C1CCCN1C(=O)CNC(=O)c1ccc2cc(F)ccc2n1)c1ccc(S(=O)N2CCN(C)CC2)cc1/C=C/C1CC1. The number of pyridine rings is 1. The Kier molecular flexibility index (Phi) is 10.1. The number of hydrogen-bond acceptors (Lipinski definition) is 6. The summed E-state index contributed by atoms with van der Waals surface area (Å²) in [6.07, 6.45) is 7.80. The van der Waals surface area contributed by atoms with Gasteiger partial charge in [0.2, 0.25) is 11.8 Å². The summed E-state index contributed by atoms with van der Waals surface area (Å²) in [5, 5.41) is 6.30. The third kappa shape index (κ3) is 7.94. The minimum absolute atomic E-state index is 0.117. The predicted octanol–water partition coefficient (Wildman–Crippen LogP) is 3.67. The zero-order valence-corrected chi connectivity index (χ0v) is 27.6. The van der Waals surface area contributed by atoms with Crippen LogP contribution < -0.4 is 10.6 Å². The van der Waals surface area contributed by atoms with Gasteiger partial charge in [-0.2, -0.15) is 0 Å². The Labute approximate surface area is 277 Å². The van der Waals surface area contributed by atoms with Gasteiger partial charge in [-0.25, -0.2) is 17.9 Å². The zero-order chi connectivity index (χ0) is 33.1. The highest BCUT2D eigenvalue weighted by Crippen LogP contribution is 2.32. The molecule has 2 saturated heterocycles. The molecule has 47 heavy (non-hydrogen) atoms. The Hall–Kier alpha value is -4.00. The number of nitrogens with one attached hydrogen (secondary N) is 2. The lowest BCUT2D eigenvalue weighted by atomic mass is 10.00. The summed E-state index contributed by atoms with van der Waals surface area (Å²) in [5.41, 5.74) is 2.44. The number of carbonyl (C=O) groups is 3. The summed E-state index contributed by atoms with van der Waals surface area (Å²) < 4.78 is 28.9. The summed E-state index contributed by atoms with van der Waals surface area (Å²) >= 11 is 0. The molecule has 3 heterocycles. The molecule has 0 bridgehead atoms. The number of likely N-dealkylation sites (N-methyl/N-ethyl adjacent to an activating group) is 1. The summed E-state index contributed by atoms with van der Waals surface area (Å²) in [6, 6.07) is 12.0. The maximum atomic E-state index is 13.5. The normalized spacial score (nSPS) is 20.4. The second-order valence-electron chi connectivity index (χ2n) is 12.7. The Morgan fingerprint density at radius 1 is 1.02 bits per heavy atom. The van der Waals surface area contributed by atoms with Crippen molar-refractivity contribution in [1.82, 2.24) is 29.7 Å². The molecule has 3 unspecified atom stereocenters. The number of nitrogens with zero attached hydrogens (tertiary/aromatic N) is 4. The fourth-order valence-corrected chi connectivity index (χ4v) is 7.33. The molecule has 10 nitrogen and oxygen atoms in total. The average Bonchev–Trinajstić information content (AvgIpc) is 3.78. The molecular formula is C35H41FN6O4S. The van der Waals surface area contributed by atoms with Gasteiger partial charge in [0.15, 0.2) is 0 Å². The van der Waals surface area contributed by atoms with Gasteiger partial charge in [0.25, 0.3) is 5.91 Å². The third-order valence-corrected chi connectivity index (χ3v) is 10.6. The molecule has 3 amide bonds. The molecule has 6 rings (SSSR count). The Bertz CT molecular complexity index is 1720. The number of likely N-dealkylation sites (tertiary alicyclic amines) is 1. The van der Waals surface area contributed by atoms with Crippen LogP contribution in [0.5, 0.6) is 0 Å². The van der Waals surface area contributed by atoms with E-state index >= 15 is 0 Å².